The fraction of sp³-hybridized carbons (Fsp3) is 0.143. The third-order valence-corrected chi connectivity index (χ3v) is 2.67. The predicted molar refractivity (Wildman–Crippen MR) is 77.8 cm³/mol. The molecule has 0 aliphatic heterocycles. The minimum Gasteiger partial charge on any atom is -0.468 e. The van der Waals surface area contributed by atoms with Crippen LogP contribution in [-0.2, 0) is 4.74 Å². The number of pyridine rings is 1. The summed E-state index contributed by atoms with van der Waals surface area (Å²) in [4.78, 5) is 4.06. The van der Waals surface area contributed by atoms with Crippen LogP contribution in [0.25, 0.3) is 0 Å². The number of aliphatic hydroxyl groups excluding tert-OH is 1. The van der Waals surface area contributed by atoms with Gasteiger partial charge in [0.15, 0.2) is 0 Å². The Bertz CT molecular complexity index is 519. The van der Waals surface area contributed by atoms with E-state index in [0.717, 1.165) is 5.56 Å². The number of rotatable bonds is 4. The second-order valence-corrected chi connectivity index (χ2v) is 4.24. The normalized spacial score (nSPS) is 11.6. The van der Waals surface area contributed by atoms with Gasteiger partial charge >= 0.3 is 0 Å². The molecule has 4 nitrogen and oxygen atoms in total. The highest BCUT2D eigenvalue weighted by atomic mass is 32.1. The molecule has 1 aromatic carbocycles. The molecule has 0 saturated carbocycles. The molecule has 2 aromatic rings. The molecule has 0 spiro atoms. The fourth-order valence-electron chi connectivity index (χ4n) is 1.50. The van der Waals surface area contributed by atoms with Gasteiger partial charge in [-0.05, 0) is 29.9 Å². The summed E-state index contributed by atoms with van der Waals surface area (Å²) in [5, 5.41) is 12.9. The molecular formula is C14H14N2O2S. The van der Waals surface area contributed by atoms with Crippen molar-refractivity contribution in [3.8, 4) is 0 Å². The van der Waals surface area contributed by atoms with Gasteiger partial charge < -0.3 is 15.2 Å². The summed E-state index contributed by atoms with van der Waals surface area (Å²) in [5.41, 5.74) is 0.795. The molecule has 1 aromatic heterocycles. The van der Waals surface area contributed by atoms with Gasteiger partial charge in [-0.15, -0.1) is 0 Å². The lowest BCUT2D eigenvalue weighted by atomic mass is 10.1. The maximum absolute atomic E-state index is 9.91. The third-order valence-electron chi connectivity index (χ3n) is 2.45. The van der Waals surface area contributed by atoms with E-state index in [0.29, 0.717) is 5.82 Å². The molecule has 0 saturated heterocycles. The number of hydrogen-bond acceptors (Lipinski definition) is 4. The van der Waals surface area contributed by atoms with Crippen molar-refractivity contribution >= 4 is 23.2 Å². The molecule has 0 aliphatic rings. The molecule has 0 bridgehead atoms. The second kappa shape index (κ2) is 6.82. The fourth-order valence-corrected chi connectivity index (χ4v) is 1.68. The molecule has 1 atom stereocenters. The molecule has 1 heterocycles. The largest absolute Gasteiger partial charge is 0.468 e. The van der Waals surface area contributed by atoms with E-state index < -0.39 is 6.10 Å². The molecule has 2 N–H and O–H groups in total. The summed E-state index contributed by atoms with van der Waals surface area (Å²) in [6.45, 7) is 0.0999. The molecule has 0 radical (unpaired) electrons. The molecule has 0 aliphatic carbocycles. The molecular weight excluding hydrogens is 260 g/mol. The topological polar surface area (TPSA) is 54.4 Å². The highest BCUT2D eigenvalue weighted by Gasteiger charge is 2.08. The van der Waals surface area contributed by atoms with E-state index in [1.165, 1.54) is 0 Å². The molecule has 5 heteroatoms. The summed E-state index contributed by atoms with van der Waals surface area (Å²) < 4.78 is 5.29. The number of aliphatic hydroxyl groups is 1. The van der Waals surface area contributed by atoms with Gasteiger partial charge in [0.1, 0.15) is 18.5 Å². The van der Waals surface area contributed by atoms with E-state index >= 15 is 0 Å². The van der Waals surface area contributed by atoms with Crippen LogP contribution in [0.2, 0.25) is 0 Å². The lowest BCUT2D eigenvalue weighted by molar-refractivity contribution is 0.104. The quantitative estimate of drug-likeness (QED) is 0.839. The van der Waals surface area contributed by atoms with Crippen molar-refractivity contribution in [1.82, 2.24) is 4.98 Å². The smallest absolute Gasteiger partial charge is 0.262 e. The van der Waals surface area contributed by atoms with E-state index in [1.807, 2.05) is 42.5 Å². The van der Waals surface area contributed by atoms with Crippen LogP contribution in [-0.4, -0.2) is 21.9 Å². The maximum atomic E-state index is 9.91. The highest BCUT2D eigenvalue weighted by molar-refractivity contribution is 7.80. The summed E-state index contributed by atoms with van der Waals surface area (Å²) in [7, 11) is 0. The Hall–Kier alpha value is -1.98. The van der Waals surface area contributed by atoms with Gasteiger partial charge in [0.05, 0.1) is 0 Å². The zero-order chi connectivity index (χ0) is 13.5. The van der Waals surface area contributed by atoms with Crippen molar-refractivity contribution < 1.29 is 9.84 Å². The van der Waals surface area contributed by atoms with Crippen LogP contribution >= 0.6 is 12.2 Å². The van der Waals surface area contributed by atoms with Gasteiger partial charge in [0, 0.05) is 6.20 Å². The third kappa shape index (κ3) is 4.31. The Morgan fingerprint density at radius 2 is 1.95 bits per heavy atom. The van der Waals surface area contributed by atoms with E-state index in [1.54, 1.807) is 12.3 Å². The second-order valence-electron chi connectivity index (χ2n) is 3.86. The van der Waals surface area contributed by atoms with Crippen LogP contribution in [0.4, 0.5) is 5.82 Å². The summed E-state index contributed by atoms with van der Waals surface area (Å²) >= 11 is 5.02. The average molecular weight is 274 g/mol. The van der Waals surface area contributed by atoms with Crippen LogP contribution in [0, 0.1) is 0 Å². The minimum atomic E-state index is -0.704. The summed E-state index contributed by atoms with van der Waals surface area (Å²) in [6.07, 6.45) is 0.953. The van der Waals surface area contributed by atoms with Gasteiger partial charge in [-0.3, -0.25) is 0 Å². The number of nitrogens with one attached hydrogen (secondary N) is 1. The van der Waals surface area contributed by atoms with Crippen LogP contribution in [0.15, 0.2) is 54.7 Å². The number of nitrogens with zero attached hydrogens (tertiary/aromatic N) is 1. The Kier molecular flexibility index (Phi) is 4.83. The van der Waals surface area contributed by atoms with Gasteiger partial charge in [0.25, 0.3) is 5.17 Å². The highest BCUT2D eigenvalue weighted by Crippen LogP contribution is 2.12. The first-order valence-corrected chi connectivity index (χ1v) is 6.24. The molecule has 19 heavy (non-hydrogen) atoms. The van der Waals surface area contributed by atoms with Crippen molar-refractivity contribution in [2.24, 2.45) is 0 Å². The Balaban J connectivity index is 1.81. The average Bonchev–Trinajstić information content (AvgIpc) is 2.47. The van der Waals surface area contributed by atoms with Gasteiger partial charge in [-0.25, -0.2) is 4.98 Å². The molecule has 0 fully saturated rings. The first-order valence-electron chi connectivity index (χ1n) is 5.83. The van der Waals surface area contributed by atoms with Crippen molar-refractivity contribution in [3.63, 3.8) is 0 Å². The number of ether oxygens (including phenoxy) is 1. The summed E-state index contributed by atoms with van der Waals surface area (Å²) in [5.74, 6) is 0.613. The van der Waals surface area contributed by atoms with E-state index in [-0.39, 0.29) is 11.8 Å². The first-order chi connectivity index (χ1) is 9.25. The Morgan fingerprint density at radius 1 is 1.21 bits per heavy atom. The lowest BCUT2D eigenvalue weighted by Gasteiger charge is -2.13. The van der Waals surface area contributed by atoms with Gasteiger partial charge in [-0.1, -0.05) is 36.4 Å². The van der Waals surface area contributed by atoms with Gasteiger partial charge in [0.2, 0.25) is 0 Å². The molecule has 98 valence electrons. The van der Waals surface area contributed by atoms with Crippen LogP contribution in [0.5, 0.6) is 0 Å². The monoisotopic (exact) mass is 274 g/mol. The van der Waals surface area contributed by atoms with Gasteiger partial charge in [-0.2, -0.15) is 0 Å². The van der Waals surface area contributed by atoms with E-state index in [2.05, 4.69) is 10.3 Å². The molecule has 0 amide bonds. The molecule has 2 rings (SSSR count). The zero-order valence-electron chi connectivity index (χ0n) is 10.2. The van der Waals surface area contributed by atoms with Crippen molar-refractivity contribution in [2.75, 3.05) is 11.9 Å². The zero-order valence-corrected chi connectivity index (χ0v) is 11.0. The number of thiocarbonyl (C=S) groups is 1. The van der Waals surface area contributed by atoms with Crippen LogP contribution < -0.4 is 5.32 Å². The standard InChI is InChI=1S/C14H14N2O2S/c17-12(11-6-2-1-3-7-11)10-18-14(19)16-13-8-4-5-9-15-13/h1-9,12,17H,10H2,(H,15,16,19). The van der Waals surface area contributed by atoms with Crippen molar-refractivity contribution in [2.45, 2.75) is 6.10 Å². The predicted octanol–water partition coefficient (Wildman–Crippen LogP) is 2.53. The maximum Gasteiger partial charge on any atom is 0.262 e. The lowest BCUT2D eigenvalue weighted by Crippen LogP contribution is -2.18. The summed E-state index contributed by atoms with van der Waals surface area (Å²) in [6, 6.07) is 14.7. The van der Waals surface area contributed by atoms with Crippen LogP contribution in [0.3, 0.4) is 0 Å². The Labute approximate surface area is 117 Å². The Morgan fingerprint density at radius 3 is 2.63 bits per heavy atom. The van der Waals surface area contributed by atoms with E-state index in [9.17, 15) is 5.11 Å². The number of aromatic nitrogens is 1. The molecule has 1 unspecified atom stereocenters. The number of anilines is 1. The van der Waals surface area contributed by atoms with E-state index in [4.69, 9.17) is 17.0 Å². The first kappa shape index (κ1) is 13.5. The van der Waals surface area contributed by atoms with Crippen molar-refractivity contribution in [1.29, 1.82) is 0 Å². The minimum absolute atomic E-state index is 0.0999. The number of hydrogen-bond donors (Lipinski definition) is 2. The SMILES string of the molecule is OC(COC(=S)Nc1ccccn1)c1ccccc1. The number of benzene rings is 1. The van der Waals surface area contributed by atoms with Crippen LogP contribution in [0.1, 0.15) is 11.7 Å². The van der Waals surface area contributed by atoms with Crippen molar-refractivity contribution in [3.05, 3.63) is 60.3 Å².